The SMILES string of the molecule is CC1c2ncc(CCOc3ccncc3)n2CCN1Cc1cnn(C)c1. The van der Waals surface area contributed by atoms with Crippen LogP contribution in [0.5, 0.6) is 5.75 Å². The molecule has 4 heterocycles. The van der Waals surface area contributed by atoms with Crippen LogP contribution < -0.4 is 4.74 Å². The van der Waals surface area contributed by atoms with E-state index in [0.29, 0.717) is 12.6 Å². The zero-order valence-electron chi connectivity index (χ0n) is 15.2. The van der Waals surface area contributed by atoms with Crippen LogP contribution in [-0.2, 0) is 26.6 Å². The zero-order chi connectivity index (χ0) is 17.9. The highest BCUT2D eigenvalue weighted by molar-refractivity contribution is 5.17. The Kier molecular flexibility index (Phi) is 4.71. The number of hydrogen-bond donors (Lipinski definition) is 0. The Balaban J connectivity index is 1.39. The van der Waals surface area contributed by atoms with Crippen molar-refractivity contribution in [1.82, 2.24) is 29.2 Å². The first-order valence-corrected chi connectivity index (χ1v) is 8.99. The molecule has 0 N–H and O–H groups in total. The number of nitrogens with zero attached hydrogens (tertiary/aromatic N) is 6. The van der Waals surface area contributed by atoms with E-state index in [9.17, 15) is 0 Å². The fourth-order valence-electron chi connectivity index (χ4n) is 3.52. The van der Waals surface area contributed by atoms with Gasteiger partial charge in [-0.25, -0.2) is 4.98 Å². The zero-order valence-corrected chi connectivity index (χ0v) is 15.2. The molecule has 7 nitrogen and oxygen atoms in total. The van der Waals surface area contributed by atoms with Crippen molar-refractivity contribution < 1.29 is 4.74 Å². The second-order valence-corrected chi connectivity index (χ2v) is 6.71. The number of imidazole rings is 1. The molecule has 136 valence electrons. The largest absolute Gasteiger partial charge is 0.493 e. The number of ether oxygens (including phenoxy) is 1. The summed E-state index contributed by atoms with van der Waals surface area (Å²) < 4.78 is 10.00. The number of aromatic nitrogens is 5. The minimum atomic E-state index is 0.291. The first-order chi connectivity index (χ1) is 12.7. The summed E-state index contributed by atoms with van der Waals surface area (Å²) in [6.07, 6.45) is 10.4. The molecule has 0 aliphatic carbocycles. The molecule has 0 saturated heterocycles. The van der Waals surface area contributed by atoms with E-state index in [4.69, 9.17) is 9.72 Å². The lowest BCUT2D eigenvalue weighted by molar-refractivity contribution is 0.154. The van der Waals surface area contributed by atoms with Gasteiger partial charge in [-0.05, 0) is 19.1 Å². The molecule has 1 aliphatic rings. The molecule has 1 unspecified atom stereocenters. The second kappa shape index (κ2) is 7.29. The Hall–Kier alpha value is -2.67. The van der Waals surface area contributed by atoms with Crippen molar-refractivity contribution in [3.63, 3.8) is 0 Å². The van der Waals surface area contributed by atoms with E-state index >= 15 is 0 Å². The number of pyridine rings is 1. The van der Waals surface area contributed by atoms with Crippen LogP contribution in [0.15, 0.2) is 43.1 Å². The van der Waals surface area contributed by atoms with Crippen molar-refractivity contribution in [2.45, 2.75) is 32.5 Å². The minimum Gasteiger partial charge on any atom is -0.493 e. The molecule has 0 amide bonds. The van der Waals surface area contributed by atoms with Crippen LogP contribution in [-0.4, -0.2) is 42.4 Å². The molecule has 0 spiro atoms. The van der Waals surface area contributed by atoms with Crippen molar-refractivity contribution in [1.29, 1.82) is 0 Å². The lowest BCUT2D eigenvalue weighted by Gasteiger charge is -2.34. The topological polar surface area (TPSA) is 61.0 Å². The minimum absolute atomic E-state index is 0.291. The summed E-state index contributed by atoms with van der Waals surface area (Å²) in [4.78, 5) is 11.2. The van der Waals surface area contributed by atoms with E-state index < -0.39 is 0 Å². The molecule has 0 fully saturated rings. The van der Waals surface area contributed by atoms with E-state index in [1.807, 2.05) is 36.3 Å². The molecule has 1 aliphatic heterocycles. The molecule has 0 saturated carbocycles. The summed E-state index contributed by atoms with van der Waals surface area (Å²) in [6.45, 7) is 5.75. The van der Waals surface area contributed by atoms with Crippen LogP contribution in [0.4, 0.5) is 0 Å². The van der Waals surface area contributed by atoms with Gasteiger partial charge in [0, 0.05) is 69.1 Å². The molecular formula is C19H24N6O. The number of fused-ring (bicyclic) bond motifs is 1. The third kappa shape index (κ3) is 3.48. The standard InChI is InChI=1S/C19H24N6O/c1-15-19-21-12-17(5-10-26-18-3-6-20-7-4-18)25(19)9-8-24(15)14-16-11-22-23(2)13-16/h3-4,6-7,11-13,15H,5,8-10,14H2,1-2H3. The predicted molar refractivity (Wildman–Crippen MR) is 97.7 cm³/mol. The van der Waals surface area contributed by atoms with Gasteiger partial charge in [-0.15, -0.1) is 0 Å². The van der Waals surface area contributed by atoms with Crippen LogP contribution in [0.25, 0.3) is 0 Å². The third-order valence-electron chi connectivity index (χ3n) is 4.92. The Morgan fingerprint density at radius 1 is 1.19 bits per heavy atom. The highest BCUT2D eigenvalue weighted by atomic mass is 16.5. The normalized spacial score (nSPS) is 17.2. The molecule has 4 rings (SSSR count). The van der Waals surface area contributed by atoms with Crippen LogP contribution in [0.2, 0.25) is 0 Å². The van der Waals surface area contributed by atoms with Crippen LogP contribution >= 0.6 is 0 Å². The van der Waals surface area contributed by atoms with E-state index in [-0.39, 0.29) is 0 Å². The predicted octanol–water partition coefficient (Wildman–Crippen LogP) is 2.21. The van der Waals surface area contributed by atoms with Crippen LogP contribution in [0.3, 0.4) is 0 Å². The average molecular weight is 352 g/mol. The summed E-state index contributed by atoms with van der Waals surface area (Å²) in [5.74, 6) is 1.99. The number of rotatable bonds is 6. The highest BCUT2D eigenvalue weighted by Gasteiger charge is 2.27. The van der Waals surface area contributed by atoms with Gasteiger partial charge in [0.25, 0.3) is 0 Å². The lowest BCUT2D eigenvalue weighted by Crippen LogP contribution is -2.37. The molecule has 7 heteroatoms. The van der Waals surface area contributed by atoms with E-state index in [1.165, 1.54) is 11.3 Å². The maximum atomic E-state index is 5.80. The van der Waals surface area contributed by atoms with Crippen molar-refractivity contribution in [3.8, 4) is 5.75 Å². The fraction of sp³-hybridized carbons (Fsp3) is 0.421. The van der Waals surface area contributed by atoms with Gasteiger partial charge >= 0.3 is 0 Å². The summed E-state index contributed by atoms with van der Waals surface area (Å²) in [5.41, 5.74) is 2.48. The van der Waals surface area contributed by atoms with Crippen LogP contribution in [0.1, 0.15) is 30.0 Å². The lowest BCUT2D eigenvalue weighted by atomic mass is 10.2. The smallest absolute Gasteiger partial charge is 0.126 e. The molecule has 3 aromatic heterocycles. The fourth-order valence-corrected chi connectivity index (χ4v) is 3.52. The molecule has 26 heavy (non-hydrogen) atoms. The van der Waals surface area contributed by atoms with Gasteiger partial charge < -0.3 is 9.30 Å². The summed E-state index contributed by atoms with van der Waals surface area (Å²) in [5, 5.41) is 4.27. The quantitative estimate of drug-likeness (QED) is 0.681. The average Bonchev–Trinajstić information content (AvgIpc) is 3.25. The number of aryl methyl sites for hydroxylation is 1. The number of hydrogen-bond acceptors (Lipinski definition) is 5. The molecule has 3 aromatic rings. The monoisotopic (exact) mass is 352 g/mol. The highest BCUT2D eigenvalue weighted by Crippen LogP contribution is 2.27. The Bertz CT molecular complexity index is 856. The van der Waals surface area contributed by atoms with Gasteiger partial charge in [-0.1, -0.05) is 0 Å². The summed E-state index contributed by atoms with van der Waals surface area (Å²) in [6, 6.07) is 4.05. The first-order valence-electron chi connectivity index (χ1n) is 8.99. The van der Waals surface area contributed by atoms with Crippen molar-refractivity contribution in [2.75, 3.05) is 13.2 Å². The van der Waals surface area contributed by atoms with Gasteiger partial charge in [0.1, 0.15) is 11.6 Å². The van der Waals surface area contributed by atoms with E-state index in [2.05, 4.69) is 32.7 Å². The maximum Gasteiger partial charge on any atom is 0.126 e. The summed E-state index contributed by atoms with van der Waals surface area (Å²) >= 11 is 0. The van der Waals surface area contributed by atoms with E-state index in [1.54, 1.807) is 12.4 Å². The Morgan fingerprint density at radius 2 is 2.04 bits per heavy atom. The van der Waals surface area contributed by atoms with Crippen molar-refractivity contribution in [3.05, 3.63) is 60.2 Å². The molecule has 0 bridgehead atoms. The van der Waals surface area contributed by atoms with Gasteiger partial charge in [-0.2, -0.15) is 5.10 Å². The van der Waals surface area contributed by atoms with Gasteiger partial charge in [0.2, 0.25) is 0 Å². The Morgan fingerprint density at radius 3 is 2.81 bits per heavy atom. The van der Waals surface area contributed by atoms with Crippen LogP contribution in [0, 0.1) is 0 Å². The van der Waals surface area contributed by atoms with Crippen molar-refractivity contribution >= 4 is 0 Å². The van der Waals surface area contributed by atoms with E-state index in [0.717, 1.165) is 37.6 Å². The van der Waals surface area contributed by atoms with Gasteiger partial charge in [0.05, 0.1) is 18.8 Å². The molecular weight excluding hydrogens is 328 g/mol. The maximum absolute atomic E-state index is 5.80. The van der Waals surface area contributed by atoms with Gasteiger partial charge in [-0.3, -0.25) is 14.6 Å². The molecule has 1 atom stereocenters. The van der Waals surface area contributed by atoms with Gasteiger partial charge in [0.15, 0.2) is 0 Å². The molecule has 0 aromatic carbocycles. The Labute approximate surface area is 153 Å². The molecule has 0 radical (unpaired) electrons. The second-order valence-electron chi connectivity index (χ2n) is 6.71. The third-order valence-corrected chi connectivity index (χ3v) is 4.92. The van der Waals surface area contributed by atoms with Crippen molar-refractivity contribution in [2.24, 2.45) is 7.05 Å². The summed E-state index contributed by atoms with van der Waals surface area (Å²) in [7, 11) is 1.95. The first kappa shape index (κ1) is 16.8.